The lowest BCUT2D eigenvalue weighted by atomic mass is 9.86. The Morgan fingerprint density at radius 1 is 0.880 bits per heavy atom. The van der Waals surface area contributed by atoms with E-state index in [1.807, 2.05) is 0 Å². The summed E-state index contributed by atoms with van der Waals surface area (Å²) in [5, 5.41) is 9.72. The molecule has 128 valence electrons. The fourth-order valence-electron chi connectivity index (χ4n) is 2.78. The third-order valence-corrected chi connectivity index (χ3v) is 3.95. The highest BCUT2D eigenvalue weighted by Gasteiger charge is 2.34. The van der Waals surface area contributed by atoms with Gasteiger partial charge in [0, 0.05) is 11.1 Å². The Balaban J connectivity index is 2.16. The largest absolute Gasteiger partial charge is 0.481 e. The molecular formula is C18H14O7. The van der Waals surface area contributed by atoms with E-state index in [2.05, 4.69) is 9.47 Å². The van der Waals surface area contributed by atoms with Gasteiger partial charge in [0.25, 0.3) is 0 Å². The molecule has 0 unspecified atom stereocenters. The van der Waals surface area contributed by atoms with Crippen molar-refractivity contribution in [3.63, 3.8) is 0 Å². The normalized spacial score (nSPS) is 12.4. The number of aliphatic carboxylic acids is 1. The molecule has 1 N–H and O–H groups in total. The van der Waals surface area contributed by atoms with Crippen LogP contribution < -0.4 is 4.74 Å². The molecule has 0 atom stereocenters. The number of carboxylic acids is 1. The fraction of sp³-hybridized carbons (Fsp3) is 0.167. The molecule has 0 amide bonds. The second kappa shape index (κ2) is 6.27. The molecule has 0 fully saturated rings. The number of hydrogen-bond donors (Lipinski definition) is 1. The molecule has 2 aromatic rings. The van der Waals surface area contributed by atoms with Crippen LogP contribution in [0.4, 0.5) is 0 Å². The Bertz CT molecular complexity index is 819. The average Bonchev–Trinajstić information content (AvgIpc) is 2.63. The van der Waals surface area contributed by atoms with Crippen LogP contribution in [0.15, 0.2) is 36.4 Å². The third-order valence-electron chi connectivity index (χ3n) is 3.95. The zero-order valence-electron chi connectivity index (χ0n) is 13.4. The van der Waals surface area contributed by atoms with E-state index in [4.69, 9.17) is 4.74 Å². The van der Waals surface area contributed by atoms with E-state index in [9.17, 15) is 19.5 Å². The van der Waals surface area contributed by atoms with E-state index < -0.39 is 23.8 Å². The van der Waals surface area contributed by atoms with Crippen molar-refractivity contribution in [2.75, 3.05) is 14.2 Å². The molecule has 0 saturated heterocycles. The minimum Gasteiger partial charge on any atom is -0.481 e. The van der Waals surface area contributed by atoms with Crippen LogP contribution in [0.1, 0.15) is 37.8 Å². The predicted molar refractivity (Wildman–Crippen MR) is 85.1 cm³/mol. The zero-order valence-corrected chi connectivity index (χ0v) is 13.4. The van der Waals surface area contributed by atoms with Gasteiger partial charge in [-0.2, -0.15) is 0 Å². The molecular weight excluding hydrogens is 328 g/mol. The minimum atomic E-state index is -1.13. The van der Waals surface area contributed by atoms with E-state index in [1.165, 1.54) is 50.6 Å². The molecule has 25 heavy (non-hydrogen) atoms. The molecule has 0 spiro atoms. The minimum absolute atomic E-state index is 0.212. The number of carboxylic acid groups (broad SMARTS) is 1. The average molecular weight is 342 g/mol. The molecule has 7 heteroatoms. The third kappa shape index (κ3) is 2.80. The molecule has 0 saturated carbocycles. The standard InChI is InChI=1S/C18H14O7/c1-23-17(21)9-3-5-13-11(7-9)15(16(19)20)12-8-10(18(22)24-2)4-6-14(12)25-13/h3-8,15H,1-2H3,(H,19,20). The van der Waals surface area contributed by atoms with Crippen LogP contribution in [0.3, 0.4) is 0 Å². The highest BCUT2D eigenvalue weighted by atomic mass is 16.5. The Morgan fingerprint density at radius 3 is 1.68 bits per heavy atom. The molecule has 1 aliphatic heterocycles. The Kier molecular flexibility index (Phi) is 4.14. The van der Waals surface area contributed by atoms with Gasteiger partial charge in [0.15, 0.2) is 0 Å². The molecule has 2 aromatic carbocycles. The van der Waals surface area contributed by atoms with Crippen molar-refractivity contribution in [3.8, 4) is 11.5 Å². The van der Waals surface area contributed by atoms with Gasteiger partial charge in [-0.1, -0.05) is 0 Å². The highest BCUT2D eigenvalue weighted by Crippen LogP contribution is 2.45. The molecule has 3 rings (SSSR count). The summed E-state index contributed by atoms with van der Waals surface area (Å²) in [6.45, 7) is 0. The van der Waals surface area contributed by atoms with E-state index >= 15 is 0 Å². The van der Waals surface area contributed by atoms with Gasteiger partial charge in [-0.3, -0.25) is 4.79 Å². The first kappa shape index (κ1) is 16.5. The second-order valence-electron chi connectivity index (χ2n) is 5.36. The summed E-state index contributed by atoms with van der Waals surface area (Å²) in [6.07, 6.45) is 0. The number of hydrogen-bond acceptors (Lipinski definition) is 6. The molecule has 0 aliphatic carbocycles. The van der Waals surface area contributed by atoms with E-state index in [1.54, 1.807) is 0 Å². The summed E-state index contributed by atoms with van der Waals surface area (Å²) in [7, 11) is 2.48. The van der Waals surface area contributed by atoms with E-state index in [0.717, 1.165) is 0 Å². The Labute approximate surface area is 142 Å². The Morgan fingerprint density at radius 2 is 1.32 bits per heavy atom. The maximum Gasteiger partial charge on any atom is 0.337 e. The van der Waals surface area contributed by atoms with Crippen LogP contribution in [0.2, 0.25) is 0 Å². The SMILES string of the molecule is COC(=O)c1ccc2c(c1)C(C(=O)O)c1cc(C(=O)OC)ccc1O2. The summed E-state index contributed by atoms with van der Waals surface area (Å²) in [5.41, 5.74) is 1.04. The highest BCUT2D eigenvalue weighted by molar-refractivity contribution is 5.93. The maximum atomic E-state index is 11.9. The number of ether oxygens (including phenoxy) is 3. The van der Waals surface area contributed by atoms with Crippen LogP contribution >= 0.6 is 0 Å². The summed E-state index contributed by atoms with van der Waals surface area (Å²) in [6, 6.07) is 8.89. The smallest absolute Gasteiger partial charge is 0.337 e. The summed E-state index contributed by atoms with van der Waals surface area (Å²) < 4.78 is 15.1. The lowest BCUT2D eigenvalue weighted by molar-refractivity contribution is -0.137. The van der Waals surface area contributed by atoms with Crippen molar-refractivity contribution in [3.05, 3.63) is 58.7 Å². The zero-order chi connectivity index (χ0) is 18.1. The van der Waals surface area contributed by atoms with E-state index in [-0.39, 0.29) is 11.1 Å². The molecule has 0 radical (unpaired) electrons. The number of fused-ring (bicyclic) bond motifs is 2. The van der Waals surface area contributed by atoms with Crippen molar-refractivity contribution in [2.24, 2.45) is 0 Å². The quantitative estimate of drug-likeness (QED) is 0.856. The van der Waals surface area contributed by atoms with Crippen molar-refractivity contribution in [2.45, 2.75) is 5.92 Å². The van der Waals surface area contributed by atoms with Gasteiger partial charge in [-0.25, -0.2) is 9.59 Å². The van der Waals surface area contributed by atoms with Gasteiger partial charge in [-0.15, -0.1) is 0 Å². The number of methoxy groups -OCH3 is 2. The van der Waals surface area contributed by atoms with Crippen LogP contribution in [-0.2, 0) is 14.3 Å². The molecule has 0 aromatic heterocycles. The first-order valence-electron chi connectivity index (χ1n) is 7.31. The van der Waals surface area contributed by atoms with Gasteiger partial charge in [0.05, 0.1) is 25.3 Å². The first-order valence-corrected chi connectivity index (χ1v) is 7.31. The van der Waals surface area contributed by atoms with Gasteiger partial charge in [-0.05, 0) is 36.4 Å². The summed E-state index contributed by atoms with van der Waals surface area (Å²) >= 11 is 0. The Hall–Kier alpha value is -3.35. The van der Waals surface area contributed by atoms with Gasteiger partial charge < -0.3 is 19.3 Å². The van der Waals surface area contributed by atoms with Crippen LogP contribution in [0.5, 0.6) is 11.5 Å². The maximum absolute atomic E-state index is 11.9. The van der Waals surface area contributed by atoms with E-state index in [0.29, 0.717) is 22.6 Å². The lowest BCUT2D eigenvalue weighted by Gasteiger charge is -2.26. The first-order chi connectivity index (χ1) is 12.0. The van der Waals surface area contributed by atoms with Crippen molar-refractivity contribution < 1.29 is 33.7 Å². The van der Waals surface area contributed by atoms with Crippen LogP contribution in [0, 0.1) is 0 Å². The van der Waals surface area contributed by atoms with Gasteiger partial charge >= 0.3 is 17.9 Å². The predicted octanol–water partition coefficient (Wildman–Crippen LogP) is 2.58. The molecule has 1 aliphatic rings. The second-order valence-corrected chi connectivity index (χ2v) is 5.36. The summed E-state index contributed by atoms with van der Waals surface area (Å²) in [4.78, 5) is 35.4. The number of esters is 2. The number of rotatable bonds is 3. The van der Waals surface area contributed by atoms with Crippen molar-refractivity contribution in [1.29, 1.82) is 0 Å². The van der Waals surface area contributed by atoms with Crippen LogP contribution in [-0.4, -0.2) is 37.2 Å². The number of carbonyl (C=O) groups is 3. The van der Waals surface area contributed by atoms with Crippen molar-refractivity contribution in [1.82, 2.24) is 0 Å². The molecule has 7 nitrogen and oxygen atoms in total. The van der Waals surface area contributed by atoms with Gasteiger partial charge in [0.2, 0.25) is 0 Å². The number of carbonyl (C=O) groups excluding carboxylic acids is 2. The topological polar surface area (TPSA) is 99.1 Å². The molecule has 1 heterocycles. The van der Waals surface area contributed by atoms with Crippen LogP contribution in [0.25, 0.3) is 0 Å². The molecule has 0 bridgehead atoms. The number of benzene rings is 2. The fourth-order valence-corrected chi connectivity index (χ4v) is 2.78. The van der Waals surface area contributed by atoms with Gasteiger partial charge in [0.1, 0.15) is 17.4 Å². The summed E-state index contributed by atoms with van der Waals surface area (Å²) in [5.74, 6) is -2.72. The lowest BCUT2D eigenvalue weighted by Crippen LogP contribution is -2.20. The van der Waals surface area contributed by atoms with Crippen molar-refractivity contribution >= 4 is 17.9 Å². The monoisotopic (exact) mass is 342 g/mol.